The number of hydrogen-bond acceptors (Lipinski definition) is 0. The van der Waals surface area contributed by atoms with E-state index < -0.39 is 0 Å². The van der Waals surface area contributed by atoms with E-state index in [1.807, 2.05) is 0 Å². The first-order chi connectivity index (χ1) is 3.71. The van der Waals surface area contributed by atoms with E-state index in [4.69, 9.17) is 0 Å². The predicted molar refractivity (Wildman–Crippen MR) is 40.0 cm³/mol. The summed E-state index contributed by atoms with van der Waals surface area (Å²) in [6, 6.07) is 0. The monoisotopic (exact) mass is 214 g/mol. The second kappa shape index (κ2) is 2.64. The Bertz CT molecular complexity index is 68.5. The zero-order valence-electron chi connectivity index (χ0n) is 6.04. The van der Waals surface area contributed by atoms with E-state index in [-0.39, 0.29) is 0 Å². The summed E-state index contributed by atoms with van der Waals surface area (Å²) in [7, 11) is 0. The molecule has 0 aromatic carbocycles. The molecule has 0 saturated heterocycles. The van der Waals surface area contributed by atoms with Crippen molar-refractivity contribution in [3.63, 3.8) is 0 Å². The zero-order valence-corrected chi connectivity index (χ0v) is 11.7. The molecule has 1 aliphatic rings. The summed E-state index contributed by atoms with van der Waals surface area (Å²) in [6.07, 6.45) is 7.63. The van der Waals surface area contributed by atoms with Gasteiger partial charge in [0.05, 0.1) is 0 Å². The van der Waals surface area contributed by atoms with Gasteiger partial charge in [-0.1, -0.05) is 0 Å². The van der Waals surface area contributed by atoms with Crippen molar-refractivity contribution in [1.29, 1.82) is 0 Å². The van der Waals surface area contributed by atoms with Gasteiger partial charge >= 0.3 is 66.6 Å². The van der Waals surface area contributed by atoms with E-state index >= 15 is 0 Å². The average molecular weight is 214 g/mol. The third-order valence-corrected chi connectivity index (χ3v) is 5.06. The first-order valence-electron chi connectivity index (χ1n) is 3.71. The van der Waals surface area contributed by atoms with Crippen molar-refractivity contribution in [3.05, 3.63) is 0 Å². The van der Waals surface area contributed by atoms with E-state index in [1.165, 1.54) is 19.3 Å². The molecule has 0 nitrogen and oxygen atoms in total. The SMILES string of the molecule is C[C]1([InH2])CCCCC1. The molecule has 46 valence electrons. The molecule has 0 aliphatic heterocycles. The van der Waals surface area contributed by atoms with E-state index in [1.54, 1.807) is 12.8 Å². The molecule has 1 rings (SSSR count). The second-order valence-electron chi connectivity index (χ2n) is 3.72. The fourth-order valence-corrected chi connectivity index (χ4v) is 3.53. The van der Waals surface area contributed by atoms with Gasteiger partial charge in [-0.05, 0) is 0 Å². The summed E-state index contributed by atoms with van der Waals surface area (Å²) in [6.45, 7) is 2.47. The van der Waals surface area contributed by atoms with Crippen LogP contribution in [0.2, 0.25) is 3.17 Å². The summed E-state index contributed by atoms with van der Waals surface area (Å²) in [5.74, 6) is 0. The molecule has 0 aromatic rings. The molecule has 0 unspecified atom stereocenters. The van der Waals surface area contributed by atoms with E-state index in [0.29, 0.717) is 0 Å². The average Bonchev–Trinajstić information content (AvgIpc) is 1.65. The van der Waals surface area contributed by atoms with Gasteiger partial charge in [0.1, 0.15) is 0 Å². The zero-order chi connectivity index (χ0) is 6.04. The molecule has 1 saturated carbocycles. The minimum absolute atomic E-state index is 0.889. The third kappa shape index (κ3) is 2.00. The van der Waals surface area contributed by atoms with Crippen LogP contribution in [0.25, 0.3) is 0 Å². The standard InChI is InChI=1S/C7H13.In.2H/c1-7-5-3-2-4-6-7;;;/h2-6H2,1H3;;;. The predicted octanol–water partition coefficient (Wildman–Crippen LogP) is 1.76. The molecular formula is C7H15In. The van der Waals surface area contributed by atoms with Crippen LogP contribution >= 0.6 is 0 Å². The van der Waals surface area contributed by atoms with Crippen LogP contribution in [-0.2, 0) is 0 Å². The van der Waals surface area contributed by atoms with Crippen molar-refractivity contribution in [3.8, 4) is 0 Å². The summed E-state index contributed by atoms with van der Waals surface area (Å²) < 4.78 is 0.889. The van der Waals surface area contributed by atoms with Gasteiger partial charge < -0.3 is 0 Å². The summed E-state index contributed by atoms with van der Waals surface area (Å²) >= 11 is 0.913. The van der Waals surface area contributed by atoms with Crippen molar-refractivity contribution in [2.24, 2.45) is 0 Å². The maximum absolute atomic E-state index is 2.47. The van der Waals surface area contributed by atoms with E-state index in [2.05, 4.69) is 6.92 Å². The normalized spacial score (nSPS) is 27.6. The quantitative estimate of drug-likeness (QED) is 0.576. The third-order valence-electron chi connectivity index (χ3n) is 2.21. The Kier molecular flexibility index (Phi) is 2.30. The molecule has 0 atom stereocenters. The first-order valence-corrected chi connectivity index (χ1v) is 6.56. The van der Waals surface area contributed by atoms with Crippen LogP contribution in [0.3, 0.4) is 0 Å². The van der Waals surface area contributed by atoms with Crippen LogP contribution in [0, 0.1) is 0 Å². The van der Waals surface area contributed by atoms with Crippen molar-refractivity contribution in [2.75, 3.05) is 0 Å². The Hall–Kier alpha value is 0.870. The first kappa shape index (κ1) is 6.98. The maximum atomic E-state index is 2.47. The van der Waals surface area contributed by atoms with Gasteiger partial charge in [0.25, 0.3) is 0 Å². The molecule has 0 aromatic heterocycles. The molecule has 0 bridgehead atoms. The van der Waals surface area contributed by atoms with Crippen LogP contribution in [0.4, 0.5) is 0 Å². The van der Waals surface area contributed by atoms with Crippen molar-refractivity contribution < 1.29 is 0 Å². The van der Waals surface area contributed by atoms with Gasteiger partial charge in [-0.15, -0.1) is 0 Å². The fourth-order valence-electron chi connectivity index (χ4n) is 1.51. The molecule has 1 heteroatoms. The topological polar surface area (TPSA) is 0 Å². The Labute approximate surface area is 66.6 Å². The Morgan fingerprint density at radius 1 is 1.12 bits per heavy atom. The molecule has 0 spiro atoms. The summed E-state index contributed by atoms with van der Waals surface area (Å²) in [5.41, 5.74) is 0. The van der Waals surface area contributed by atoms with E-state index in [0.717, 1.165) is 27.5 Å². The van der Waals surface area contributed by atoms with Crippen molar-refractivity contribution in [1.82, 2.24) is 0 Å². The van der Waals surface area contributed by atoms with Crippen LogP contribution in [0.1, 0.15) is 39.0 Å². The van der Waals surface area contributed by atoms with Gasteiger partial charge in [-0.25, -0.2) is 0 Å². The molecule has 0 heterocycles. The van der Waals surface area contributed by atoms with Gasteiger partial charge in [0.2, 0.25) is 0 Å². The molecular weight excluding hydrogens is 199 g/mol. The number of hydrogen-bond donors (Lipinski definition) is 0. The Morgan fingerprint density at radius 2 is 1.62 bits per heavy atom. The van der Waals surface area contributed by atoms with Gasteiger partial charge in [-0.3, -0.25) is 0 Å². The van der Waals surface area contributed by atoms with Crippen LogP contribution in [0.15, 0.2) is 0 Å². The molecule has 0 radical (unpaired) electrons. The summed E-state index contributed by atoms with van der Waals surface area (Å²) in [5, 5.41) is 0. The molecule has 0 N–H and O–H groups in total. The van der Waals surface area contributed by atoms with Crippen molar-refractivity contribution >= 4 is 24.4 Å². The summed E-state index contributed by atoms with van der Waals surface area (Å²) in [4.78, 5) is 0. The number of rotatable bonds is 0. The Balaban J connectivity index is 2.33. The van der Waals surface area contributed by atoms with Crippen LogP contribution < -0.4 is 0 Å². The van der Waals surface area contributed by atoms with Crippen molar-refractivity contribution in [2.45, 2.75) is 42.2 Å². The van der Waals surface area contributed by atoms with E-state index in [9.17, 15) is 0 Å². The molecule has 8 heavy (non-hydrogen) atoms. The Morgan fingerprint density at radius 3 is 1.88 bits per heavy atom. The van der Waals surface area contributed by atoms with Crippen LogP contribution in [-0.4, -0.2) is 24.4 Å². The molecule has 1 fully saturated rings. The minimum atomic E-state index is 0.889. The molecule has 1 aliphatic carbocycles. The van der Waals surface area contributed by atoms with Gasteiger partial charge in [0.15, 0.2) is 0 Å². The second-order valence-corrected chi connectivity index (χ2v) is 10.6. The fraction of sp³-hybridized carbons (Fsp3) is 1.00. The molecule has 0 amide bonds. The van der Waals surface area contributed by atoms with Gasteiger partial charge in [-0.2, -0.15) is 0 Å². The van der Waals surface area contributed by atoms with Crippen LogP contribution in [0.5, 0.6) is 0 Å². The van der Waals surface area contributed by atoms with Gasteiger partial charge in [0, 0.05) is 0 Å².